The third-order valence-corrected chi connectivity index (χ3v) is 3.96. The number of aryl methyl sites for hydroxylation is 1. The van der Waals surface area contributed by atoms with Gasteiger partial charge >= 0.3 is 0 Å². The lowest BCUT2D eigenvalue weighted by molar-refractivity contribution is 0.282. The number of aliphatic hydroxyl groups excluding tert-OH is 1. The zero-order chi connectivity index (χ0) is 13.9. The number of pyridine rings is 1. The fourth-order valence-corrected chi connectivity index (χ4v) is 2.65. The fourth-order valence-electron chi connectivity index (χ4n) is 1.60. The molecule has 0 unspecified atom stereocenters. The van der Waals surface area contributed by atoms with E-state index in [2.05, 4.69) is 9.71 Å². The van der Waals surface area contributed by atoms with E-state index in [4.69, 9.17) is 5.11 Å². The minimum absolute atomic E-state index is 0.114. The summed E-state index contributed by atoms with van der Waals surface area (Å²) in [7, 11) is -3.61. The van der Waals surface area contributed by atoms with E-state index in [1.54, 1.807) is 37.4 Å². The van der Waals surface area contributed by atoms with E-state index in [0.717, 1.165) is 5.69 Å². The Kier molecular flexibility index (Phi) is 3.82. The maximum Gasteiger partial charge on any atom is 0.261 e. The molecule has 0 saturated carbocycles. The van der Waals surface area contributed by atoms with Crippen LogP contribution in [0.15, 0.2) is 47.5 Å². The standard InChI is InChI=1S/C13H14N2O3S/c1-10-8-12(6-7-14-10)15-19(17,18)13-4-2-11(9-16)3-5-13/h2-8,16H,9H2,1H3,(H,14,15). The van der Waals surface area contributed by atoms with Crippen LogP contribution in [0.3, 0.4) is 0 Å². The highest BCUT2D eigenvalue weighted by Crippen LogP contribution is 2.16. The zero-order valence-corrected chi connectivity index (χ0v) is 11.2. The van der Waals surface area contributed by atoms with Gasteiger partial charge in [0.1, 0.15) is 0 Å². The first kappa shape index (κ1) is 13.5. The van der Waals surface area contributed by atoms with Gasteiger partial charge in [0, 0.05) is 11.9 Å². The van der Waals surface area contributed by atoms with Gasteiger partial charge in [-0.3, -0.25) is 9.71 Å². The van der Waals surface area contributed by atoms with Gasteiger partial charge in [-0.1, -0.05) is 12.1 Å². The van der Waals surface area contributed by atoms with Gasteiger partial charge in [-0.05, 0) is 36.8 Å². The third kappa shape index (κ3) is 3.30. The van der Waals surface area contributed by atoms with Crippen LogP contribution >= 0.6 is 0 Å². The molecule has 5 nitrogen and oxygen atoms in total. The van der Waals surface area contributed by atoms with Crippen LogP contribution in [0.4, 0.5) is 5.69 Å². The predicted octanol–water partition coefficient (Wildman–Crippen LogP) is 1.68. The van der Waals surface area contributed by atoms with Gasteiger partial charge < -0.3 is 5.11 Å². The molecule has 0 saturated heterocycles. The van der Waals surface area contributed by atoms with E-state index < -0.39 is 10.0 Å². The molecule has 1 aromatic carbocycles. The van der Waals surface area contributed by atoms with Crippen molar-refractivity contribution in [1.82, 2.24) is 4.98 Å². The molecule has 0 radical (unpaired) electrons. The summed E-state index contributed by atoms with van der Waals surface area (Å²) in [5.41, 5.74) is 1.87. The zero-order valence-electron chi connectivity index (χ0n) is 10.4. The van der Waals surface area contributed by atoms with Crippen molar-refractivity contribution in [2.45, 2.75) is 18.4 Å². The minimum Gasteiger partial charge on any atom is -0.392 e. The maximum absolute atomic E-state index is 12.1. The van der Waals surface area contributed by atoms with Crippen molar-refractivity contribution in [1.29, 1.82) is 0 Å². The highest BCUT2D eigenvalue weighted by molar-refractivity contribution is 7.92. The summed E-state index contributed by atoms with van der Waals surface area (Å²) >= 11 is 0. The Hall–Kier alpha value is -1.92. The van der Waals surface area contributed by atoms with E-state index in [1.165, 1.54) is 12.1 Å². The molecule has 1 aromatic heterocycles. The van der Waals surface area contributed by atoms with Gasteiger partial charge in [-0.25, -0.2) is 8.42 Å². The van der Waals surface area contributed by atoms with Gasteiger partial charge in [-0.2, -0.15) is 0 Å². The summed E-state index contributed by atoms with van der Waals surface area (Å²) in [5, 5.41) is 8.93. The number of nitrogens with zero attached hydrogens (tertiary/aromatic N) is 1. The van der Waals surface area contributed by atoms with E-state index in [1.807, 2.05) is 0 Å². The molecule has 0 aliphatic carbocycles. The van der Waals surface area contributed by atoms with Crippen molar-refractivity contribution in [3.8, 4) is 0 Å². The van der Waals surface area contributed by atoms with Crippen molar-refractivity contribution < 1.29 is 13.5 Å². The van der Waals surface area contributed by atoms with Crippen LogP contribution < -0.4 is 4.72 Å². The molecule has 19 heavy (non-hydrogen) atoms. The number of rotatable bonds is 4. The summed E-state index contributed by atoms with van der Waals surface area (Å²) in [5.74, 6) is 0. The van der Waals surface area contributed by atoms with Crippen molar-refractivity contribution in [3.63, 3.8) is 0 Å². The number of anilines is 1. The van der Waals surface area contributed by atoms with E-state index >= 15 is 0 Å². The Balaban J connectivity index is 2.27. The average molecular weight is 278 g/mol. The van der Waals surface area contributed by atoms with E-state index in [9.17, 15) is 8.42 Å². The molecule has 0 amide bonds. The minimum atomic E-state index is -3.61. The number of sulfonamides is 1. The monoisotopic (exact) mass is 278 g/mol. The largest absolute Gasteiger partial charge is 0.392 e. The van der Waals surface area contributed by atoms with Gasteiger partial charge in [-0.15, -0.1) is 0 Å². The maximum atomic E-state index is 12.1. The molecule has 0 bridgehead atoms. The lowest BCUT2D eigenvalue weighted by Crippen LogP contribution is -2.13. The van der Waals surface area contributed by atoms with Crippen LogP contribution in [-0.4, -0.2) is 18.5 Å². The molecule has 0 aliphatic rings. The Morgan fingerprint density at radius 1 is 1.21 bits per heavy atom. The van der Waals surface area contributed by atoms with Crippen LogP contribution in [0.1, 0.15) is 11.3 Å². The van der Waals surface area contributed by atoms with Gasteiger partial charge in [0.25, 0.3) is 10.0 Å². The fraction of sp³-hybridized carbons (Fsp3) is 0.154. The topological polar surface area (TPSA) is 79.3 Å². The van der Waals surface area contributed by atoms with Crippen LogP contribution in [0.25, 0.3) is 0 Å². The molecule has 2 N–H and O–H groups in total. The van der Waals surface area contributed by atoms with Gasteiger partial charge in [0.15, 0.2) is 0 Å². The molecule has 0 atom stereocenters. The molecule has 0 fully saturated rings. The molecule has 100 valence electrons. The van der Waals surface area contributed by atoms with Crippen LogP contribution in [0.2, 0.25) is 0 Å². The smallest absolute Gasteiger partial charge is 0.261 e. The lowest BCUT2D eigenvalue weighted by atomic mass is 10.2. The first-order valence-electron chi connectivity index (χ1n) is 5.66. The normalized spacial score (nSPS) is 11.3. The number of nitrogens with one attached hydrogen (secondary N) is 1. The Labute approximate surface area is 112 Å². The van der Waals surface area contributed by atoms with Crippen LogP contribution in [-0.2, 0) is 16.6 Å². The number of hydrogen-bond donors (Lipinski definition) is 2. The lowest BCUT2D eigenvalue weighted by Gasteiger charge is -2.08. The summed E-state index contributed by atoms with van der Waals surface area (Å²) < 4.78 is 26.7. The average Bonchev–Trinajstić information content (AvgIpc) is 2.38. The predicted molar refractivity (Wildman–Crippen MR) is 72.1 cm³/mol. The second kappa shape index (κ2) is 5.38. The molecule has 6 heteroatoms. The summed E-state index contributed by atoms with van der Waals surface area (Å²) in [4.78, 5) is 4.15. The molecule has 2 aromatic rings. The number of benzene rings is 1. The van der Waals surface area contributed by atoms with Crippen molar-refractivity contribution in [2.24, 2.45) is 0 Å². The first-order chi connectivity index (χ1) is 9.01. The van der Waals surface area contributed by atoms with Gasteiger partial charge in [0.05, 0.1) is 17.2 Å². The molecule has 2 rings (SSSR count). The quantitative estimate of drug-likeness (QED) is 0.892. The number of aromatic nitrogens is 1. The van der Waals surface area contributed by atoms with E-state index in [0.29, 0.717) is 11.3 Å². The summed E-state index contributed by atoms with van der Waals surface area (Å²) in [6.07, 6.45) is 1.54. The Morgan fingerprint density at radius 3 is 2.47 bits per heavy atom. The van der Waals surface area contributed by atoms with Crippen LogP contribution in [0, 0.1) is 6.92 Å². The van der Waals surface area contributed by atoms with Crippen molar-refractivity contribution in [2.75, 3.05) is 4.72 Å². The molecule has 1 heterocycles. The van der Waals surface area contributed by atoms with E-state index in [-0.39, 0.29) is 11.5 Å². The highest BCUT2D eigenvalue weighted by atomic mass is 32.2. The first-order valence-corrected chi connectivity index (χ1v) is 7.15. The van der Waals surface area contributed by atoms with Crippen molar-refractivity contribution in [3.05, 3.63) is 53.9 Å². The molecule has 0 aliphatic heterocycles. The second-order valence-corrected chi connectivity index (χ2v) is 5.78. The summed E-state index contributed by atoms with van der Waals surface area (Å²) in [6.45, 7) is 1.67. The Morgan fingerprint density at radius 2 is 1.89 bits per heavy atom. The van der Waals surface area contributed by atoms with Crippen molar-refractivity contribution >= 4 is 15.7 Å². The highest BCUT2D eigenvalue weighted by Gasteiger charge is 2.13. The van der Waals surface area contributed by atoms with Gasteiger partial charge in [0.2, 0.25) is 0 Å². The number of hydrogen-bond acceptors (Lipinski definition) is 4. The molecular weight excluding hydrogens is 264 g/mol. The number of aliphatic hydroxyl groups is 1. The molecule has 0 spiro atoms. The molecular formula is C13H14N2O3S. The van der Waals surface area contributed by atoms with Crippen LogP contribution in [0.5, 0.6) is 0 Å². The summed E-state index contributed by atoms with van der Waals surface area (Å²) in [6, 6.07) is 9.31. The Bertz CT molecular complexity index is 667. The SMILES string of the molecule is Cc1cc(NS(=O)(=O)c2ccc(CO)cc2)ccn1. The second-order valence-electron chi connectivity index (χ2n) is 4.09. The third-order valence-electron chi connectivity index (χ3n) is 2.57.